The van der Waals surface area contributed by atoms with Crippen LogP contribution in [0.5, 0.6) is 5.75 Å². The van der Waals surface area contributed by atoms with E-state index < -0.39 is 0 Å². The topological polar surface area (TPSA) is 18.5 Å². The first kappa shape index (κ1) is 23.7. The van der Waals surface area contributed by atoms with Crippen molar-refractivity contribution in [1.82, 2.24) is 0 Å². The Kier molecular flexibility index (Phi) is 9.77. The third-order valence-electron chi connectivity index (χ3n) is 4.72. The number of benzene rings is 3. The summed E-state index contributed by atoms with van der Waals surface area (Å²) in [5.41, 5.74) is 4.31. The predicted molar refractivity (Wildman–Crippen MR) is 132 cm³/mol. The molecule has 0 fully saturated rings. The Morgan fingerprint density at radius 3 is 2.29 bits per heavy atom. The van der Waals surface area contributed by atoms with Gasteiger partial charge in [0, 0.05) is 16.5 Å². The first-order valence-electron chi connectivity index (χ1n) is 10.2. The molecule has 0 bridgehead atoms. The van der Waals surface area contributed by atoms with Crippen LogP contribution < -0.4 is 4.74 Å². The van der Waals surface area contributed by atoms with E-state index in [1.165, 1.54) is 0 Å². The summed E-state index contributed by atoms with van der Waals surface area (Å²) in [7, 11) is 0. The Morgan fingerprint density at radius 1 is 0.839 bits per heavy atom. The number of halogens is 3. The molecule has 3 aromatic rings. The summed E-state index contributed by atoms with van der Waals surface area (Å²) in [5.74, 6) is 1.25. The highest BCUT2D eigenvalue weighted by molar-refractivity contribution is 6.30. The van der Waals surface area contributed by atoms with E-state index in [9.17, 15) is 0 Å². The lowest BCUT2D eigenvalue weighted by atomic mass is 9.95. The molecule has 2 nitrogen and oxygen atoms in total. The Morgan fingerprint density at radius 2 is 1.55 bits per heavy atom. The fourth-order valence-electron chi connectivity index (χ4n) is 3.21. The molecule has 1 atom stereocenters. The summed E-state index contributed by atoms with van der Waals surface area (Å²) in [5, 5.41) is 0.466. The van der Waals surface area contributed by atoms with E-state index in [0.29, 0.717) is 32.1 Å². The molecule has 0 aliphatic carbocycles. The second-order valence-corrected chi connectivity index (χ2v) is 8.29. The van der Waals surface area contributed by atoms with Crippen molar-refractivity contribution in [1.29, 1.82) is 0 Å². The molecular weight excluding hydrogens is 451 g/mol. The normalized spacial score (nSPS) is 12.5. The second-order valence-electron chi connectivity index (χ2n) is 6.95. The third kappa shape index (κ3) is 7.59. The molecule has 3 rings (SSSR count). The Bertz CT molecular complexity index is 956. The molecule has 3 aromatic carbocycles. The number of allylic oxidation sites excluding steroid dienone is 1. The summed E-state index contributed by atoms with van der Waals surface area (Å²) < 4.78 is 11.3. The number of hydrogen-bond acceptors (Lipinski definition) is 2. The van der Waals surface area contributed by atoms with Gasteiger partial charge < -0.3 is 9.47 Å². The van der Waals surface area contributed by atoms with Crippen molar-refractivity contribution in [2.75, 3.05) is 25.7 Å². The van der Waals surface area contributed by atoms with Gasteiger partial charge in [0.2, 0.25) is 0 Å². The Labute approximate surface area is 199 Å². The Hall–Kier alpha value is -1.97. The molecule has 31 heavy (non-hydrogen) atoms. The molecule has 0 N–H and O–H groups in total. The van der Waals surface area contributed by atoms with Gasteiger partial charge in [-0.1, -0.05) is 78.3 Å². The van der Waals surface area contributed by atoms with Gasteiger partial charge in [-0.15, -0.1) is 23.2 Å². The van der Waals surface area contributed by atoms with Gasteiger partial charge in [0.25, 0.3) is 0 Å². The lowest BCUT2D eigenvalue weighted by molar-refractivity contribution is 0.111. The van der Waals surface area contributed by atoms with Crippen LogP contribution in [0.3, 0.4) is 0 Å². The average molecular weight is 476 g/mol. The van der Waals surface area contributed by atoms with Gasteiger partial charge in [0.15, 0.2) is 0 Å². The number of rotatable bonds is 11. The fraction of sp³-hybridized carbons (Fsp3) is 0.231. The quantitative estimate of drug-likeness (QED) is 0.159. The van der Waals surface area contributed by atoms with Crippen molar-refractivity contribution in [2.24, 2.45) is 0 Å². The smallest absolute Gasteiger partial charge is 0.124 e. The minimum Gasteiger partial charge on any atom is -0.491 e. The monoisotopic (exact) mass is 474 g/mol. The Balaban J connectivity index is 1.79. The molecule has 0 amide bonds. The van der Waals surface area contributed by atoms with E-state index in [1.54, 1.807) is 0 Å². The number of para-hydroxylation sites is 1. The summed E-state index contributed by atoms with van der Waals surface area (Å²) in [6.07, 6.45) is 2.81. The second kappa shape index (κ2) is 12.8. The van der Waals surface area contributed by atoms with Crippen molar-refractivity contribution in [2.45, 2.75) is 11.8 Å². The first-order chi connectivity index (χ1) is 15.2. The third-order valence-corrected chi connectivity index (χ3v) is 5.51. The lowest BCUT2D eigenvalue weighted by Crippen LogP contribution is -2.09. The maximum atomic E-state index is 6.92. The van der Waals surface area contributed by atoms with Gasteiger partial charge in [-0.3, -0.25) is 0 Å². The first-order valence-corrected chi connectivity index (χ1v) is 11.5. The van der Waals surface area contributed by atoms with Crippen LogP contribution in [0.1, 0.15) is 28.5 Å². The van der Waals surface area contributed by atoms with Crippen molar-refractivity contribution in [3.8, 4) is 5.75 Å². The highest BCUT2D eigenvalue weighted by Gasteiger charge is 2.16. The average Bonchev–Trinajstić information content (AvgIpc) is 2.80. The van der Waals surface area contributed by atoms with E-state index in [1.807, 2.05) is 66.7 Å². The van der Waals surface area contributed by atoms with Gasteiger partial charge in [-0.05, 0) is 41.3 Å². The lowest BCUT2D eigenvalue weighted by Gasteiger charge is -2.18. The van der Waals surface area contributed by atoms with Crippen LogP contribution in [0.25, 0.3) is 11.6 Å². The minimum atomic E-state index is -0.251. The fourth-order valence-corrected chi connectivity index (χ4v) is 3.80. The zero-order chi connectivity index (χ0) is 21.9. The maximum absolute atomic E-state index is 6.92. The van der Waals surface area contributed by atoms with Gasteiger partial charge >= 0.3 is 0 Å². The molecule has 0 spiro atoms. The summed E-state index contributed by atoms with van der Waals surface area (Å²) in [6.45, 7) is 1.45. The van der Waals surface area contributed by atoms with Crippen molar-refractivity contribution < 1.29 is 9.47 Å². The predicted octanol–water partition coefficient (Wildman–Crippen LogP) is 7.89. The van der Waals surface area contributed by atoms with Crippen LogP contribution in [0.15, 0.2) is 78.9 Å². The van der Waals surface area contributed by atoms with E-state index in [-0.39, 0.29) is 5.38 Å². The molecule has 0 aliphatic rings. The molecule has 0 saturated heterocycles. The van der Waals surface area contributed by atoms with Crippen molar-refractivity contribution >= 4 is 46.5 Å². The molecule has 0 saturated carbocycles. The highest BCUT2D eigenvalue weighted by atomic mass is 35.5. The van der Waals surface area contributed by atoms with Crippen LogP contribution in [0.2, 0.25) is 5.02 Å². The molecule has 162 valence electrons. The number of hydrogen-bond donors (Lipinski definition) is 0. The minimum absolute atomic E-state index is 0.251. The van der Waals surface area contributed by atoms with Crippen molar-refractivity contribution in [3.05, 3.63) is 101 Å². The molecule has 0 heterocycles. The SMILES string of the molecule is ClCCOCCOc1ccccc1C(Cl)CC(=Cc1ccc(Cl)cc1)c1ccccc1. The van der Waals surface area contributed by atoms with E-state index >= 15 is 0 Å². The van der Waals surface area contributed by atoms with Crippen molar-refractivity contribution in [3.63, 3.8) is 0 Å². The van der Waals surface area contributed by atoms with Gasteiger partial charge in [-0.2, -0.15) is 0 Å². The van der Waals surface area contributed by atoms with Crippen LogP contribution in [-0.2, 0) is 4.74 Å². The van der Waals surface area contributed by atoms with Crippen LogP contribution in [-0.4, -0.2) is 25.7 Å². The largest absolute Gasteiger partial charge is 0.491 e. The highest BCUT2D eigenvalue weighted by Crippen LogP contribution is 2.37. The van der Waals surface area contributed by atoms with E-state index in [4.69, 9.17) is 44.3 Å². The van der Waals surface area contributed by atoms with Gasteiger partial charge in [0.05, 0.1) is 18.6 Å². The molecule has 0 radical (unpaired) electrons. The summed E-state index contributed by atoms with van der Waals surface area (Å²) >= 11 is 18.6. The summed E-state index contributed by atoms with van der Waals surface area (Å²) in [4.78, 5) is 0. The van der Waals surface area contributed by atoms with Crippen LogP contribution in [0, 0.1) is 0 Å². The van der Waals surface area contributed by atoms with E-state index in [0.717, 1.165) is 33.0 Å². The molecule has 0 aromatic heterocycles. The number of ether oxygens (including phenoxy) is 2. The standard InChI is InChI=1S/C26H25Cl3O2/c27-14-15-30-16-17-31-26-9-5-4-8-24(26)25(29)19-22(21-6-2-1-3-7-21)18-20-10-12-23(28)13-11-20/h1-13,18,25H,14-17,19H2. The molecule has 0 aliphatic heterocycles. The van der Waals surface area contributed by atoms with Gasteiger partial charge in [0.1, 0.15) is 12.4 Å². The van der Waals surface area contributed by atoms with Crippen LogP contribution >= 0.6 is 34.8 Å². The maximum Gasteiger partial charge on any atom is 0.124 e. The zero-order valence-corrected chi connectivity index (χ0v) is 19.4. The number of alkyl halides is 2. The van der Waals surface area contributed by atoms with E-state index in [2.05, 4.69) is 18.2 Å². The van der Waals surface area contributed by atoms with Crippen LogP contribution in [0.4, 0.5) is 0 Å². The zero-order valence-electron chi connectivity index (χ0n) is 17.1. The molecule has 5 heteroatoms. The molecule has 1 unspecified atom stereocenters. The molecular formula is C26H25Cl3O2. The summed E-state index contributed by atoms with van der Waals surface area (Å²) in [6, 6.07) is 26.0. The van der Waals surface area contributed by atoms with Gasteiger partial charge in [-0.25, -0.2) is 0 Å².